The van der Waals surface area contributed by atoms with Crippen molar-refractivity contribution in [2.75, 3.05) is 19.6 Å². The first-order valence-electron chi connectivity index (χ1n) is 9.15. The van der Waals surface area contributed by atoms with Crippen LogP contribution in [0.1, 0.15) is 47.2 Å². The maximum Gasteiger partial charge on any atom is 0.262 e. The van der Waals surface area contributed by atoms with Gasteiger partial charge < -0.3 is 5.32 Å². The number of rotatable bonds is 4. The fraction of sp³-hybridized carbons (Fsp3) is 0.611. The van der Waals surface area contributed by atoms with Gasteiger partial charge in [0, 0.05) is 25.6 Å². The van der Waals surface area contributed by atoms with Gasteiger partial charge in [-0.3, -0.25) is 19.1 Å². The standard InChI is InChI=1S/C18H24N4O2S/c1-3-21-8-4-6-12(21)10-19-16(23)15-11(2)14-17(25-15)20-13-7-5-9-22(13)18(14)24/h12H,3-10H2,1-2H3,(H,19,23)/t12-/m0/s1. The highest BCUT2D eigenvalue weighted by Crippen LogP contribution is 2.28. The summed E-state index contributed by atoms with van der Waals surface area (Å²) in [6.45, 7) is 7.58. The van der Waals surface area contributed by atoms with Gasteiger partial charge in [-0.05, 0) is 44.8 Å². The molecule has 0 radical (unpaired) electrons. The molecular weight excluding hydrogens is 336 g/mol. The molecule has 4 heterocycles. The molecule has 4 rings (SSSR count). The molecule has 6 nitrogen and oxygen atoms in total. The van der Waals surface area contributed by atoms with Gasteiger partial charge in [0.2, 0.25) is 0 Å². The van der Waals surface area contributed by atoms with E-state index in [-0.39, 0.29) is 11.5 Å². The Kier molecular flexibility index (Phi) is 4.37. The van der Waals surface area contributed by atoms with E-state index in [1.165, 1.54) is 17.8 Å². The van der Waals surface area contributed by atoms with Crippen LogP contribution in [0.15, 0.2) is 4.79 Å². The average molecular weight is 360 g/mol. The van der Waals surface area contributed by atoms with E-state index in [0.717, 1.165) is 50.3 Å². The molecule has 0 saturated carbocycles. The number of thiophene rings is 1. The van der Waals surface area contributed by atoms with Crippen molar-refractivity contribution in [3.8, 4) is 0 Å². The SMILES string of the molecule is CCN1CCC[C@H]1CNC(=O)c1sc2nc3n(c(=O)c2c1C)CCC3. The number of aryl methyl sites for hydroxylation is 2. The number of hydrogen-bond acceptors (Lipinski definition) is 5. The van der Waals surface area contributed by atoms with Gasteiger partial charge in [0.05, 0.1) is 10.3 Å². The van der Waals surface area contributed by atoms with Gasteiger partial charge in [-0.2, -0.15) is 0 Å². The van der Waals surface area contributed by atoms with Gasteiger partial charge in [0.15, 0.2) is 0 Å². The molecule has 2 aromatic heterocycles. The predicted octanol–water partition coefficient (Wildman–Crippen LogP) is 1.93. The average Bonchev–Trinajstić information content (AvgIpc) is 3.31. The maximum atomic E-state index is 12.7. The molecule has 1 N–H and O–H groups in total. The molecular formula is C18H24N4O2S. The zero-order valence-electron chi connectivity index (χ0n) is 14.8. The van der Waals surface area contributed by atoms with Gasteiger partial charge >= 0.3 is 0 Å². The predicted molar refractivity (Wildman–Crippen MR) is 99.5 cm³/mol. The van der Waals surface area contributed by atoms with E-state index in [0.29, 0.717) is 27.7 Å². The van der Waals surface area contributed by atoms with Crippen LogP contribution >= 0.6 is 11.3 Å². The van der Waals surface area contributed by atoms with Gasteiger partial charge in [0.1, 0.15) is 10.7 Å². The number of likely N-dealkylation sites (tertiary alicyclic amines) is 1. The summed E-state index contributed by atoms with van der Waals surface area (Å²) >= 11 is 1.35. The number of hydrogen-bond donors (Lipinski definition) is 1. The Hall–Kier alpha value is -1.73. The highest BCUT2D eigenvalue weighted by molar-refractivity contribution is 7.20. The van der Waals surface area contributed by atoms with Crippen molar-refractivity contribution in [2.45, 2.75) is 52.1 Å². The zero-order chi connectivity index (χ0) is 17.6. The first-order valence-corrected chi connectivity index (χ1v) is 9.97. The van der Waals surface area contributed by atoms with E-state index in [1.807, 2.05) is 6.92 Å². The third-order valence-corrected chi connectivity index (χ3v) is 6.71. The van der Waals surface area contributed by atoms with Crippen LogP contribution in [-0.4, -0.2) is 46.0 Å². The second-order valence-corrected chi connectivity index (χ2v) is 7.96. The number of carbonyl (C=O) groups excluding carboxylic acids is 1. The summed E-state index contributed by atoms with van der Waals surface area (Å²) in [7, 11) is 0. The third-order valence-electron chi connectivity index (χ3n) is 5.52. The summed E-state index contributed by atoms with van der Waals surface area (Å²) in [4.78, 5) is 33.8. The lowest BCUT2D eigenvalue weighted by Crippen LogP contribution is -2.40. The molecule has 2 aliphatic rings. The summed E-state index contributed by atoms with van der Waals surface area (Å²) in [6.07, 6.45) is 4.15. The Morgan fingerprint density at radius 3 is 3.00 bits per heavy atom. The number of likely N-dealkylation sites (N-methyl/N-ethyl adjacent to an activating group) is 1. The van der Waals surface area contributed by atoms with Crippen molar-refractivity contribution in [3.63, 3.8) is 0 Å². The molecule has 0 unspecified atom stereocenters. The summed E-state index contributed by atoms with van der Waals surface area (Å²) in [6, 6.07) is 0.427. The van der Waals surface area contributed by atoms with Crippen LogP contribution in [0, 0.1) is 6.92 Å². The van der Waals surface area contributed by atoms with Crippen molar-refractivity contribution in [3.05, 3.63) is 26.6 Å². The fourth-order valence-electron chi connectivity index (χ4n) is 4.13. The van der Waals surface area contributed by atoms with Crippen LogP contribution in [0.2, 0.25) is 0 Å². The molecule has 1 fully saturated rings. The normalized spacial score (nSPS) is 20.3. The molecule has 1 atom stereocenters. The number of carbonyl (C=O) groups is 1. The van der Waals surface area contributed by atoms with Crippen LogP contribution in [0.25, 0.3) is 10.2 Å². The van der Waals surface area contributed by atoms with Crippen molar-refractivity contribution in [1.29, 1.82) is 0 Å². The Morgan fingerprint density at radius 1 is 1.36 bits per heavy atom. The zero-order valence-corrected chi connectivity index (χ0v) is 15.6. The lowest BCUT2D eigenvalue weighted by atomic mass is 10.2. The lowest BCUT2D eigenvalue weighted by Gasteiger charge is -2.22. The third kappa shape index (κ3) is 2.79. The number of nitrogens with one attached hydrogen (secondary N) is 1. The number of aromatic nitrogens is 2. The van der Waals surface area contributed by atoms with Gasteiger partial charge in [-0.15, -0.1) is 11.3 Å². The van der Waals surface area contributed by atoms with Crippen molar-refractivity contribution < 1.29 is 4.79 Å². The summed E-state index contributed by atoms with van der Waals surface area (Å²) < 4.78 is 1.77. The Labute approximate surface area is 150 Å². The Balaban J connectivity index is 1.59. The topological polar surface area (TPSA) is 67.2 Å². The van der Waals surface area contributed by atoms with E-state index in [1.54, 1.807) is 4.57 Å². The van der Waals surface area contributed by atoms with Crippen LogP contribution in [0.5, 0.6) is 0 Å². The molecule has 1 saturated heterocycles. The molecule has 134 valence electrons. The van der Waals surface area contributed by atoms with Crippen molar-refractivity contribution in [2.24, 2.45) is 0 Å². The van der Waals surface area contributed by atoms with Crippen LogP contribution < -0.4 is 10.9 Å². The second kappa shape index (κ2) is 6.53. The quantitative estimate of drug-likeness (QED) is 0.905. The molecule has 0 spiro atoms. The van der Waals surface area contributed by atoms with E-state index < -0.39 is 0 Å². The summed E-state index contributed by atoms with van der Waals surface area (Å²) in [5.74, 6) is 0.781. The first kappa shape index (κ1) is 16.7. The smallest absolute Gasteiger partial charge is 0.262 e. The highest BCUT2D eigenvalue weighted by Gasteiger charge is 2.26. The lowest BCUT2D eigenvalue weighted by molar-refractivity contribution is 0.0945. The van der Waals surface area contributed by atoms with Crippen LogP contribution in [-0.2, 0) is 13.0 Å². The number of fused-ring (bicyclic) bond motifs is 2. The van der Waals surface area contributed by atoms with Gasteiger partial charge in [0.25, 0.3) is 11.5 Å². The molecule has 2 aliphatic heterocycles. The molecule has 0 bridgehead atoms. The maximum absolute atomic E-state index is 12.7. The van der Waals surface area contributed by atoms with E-state index in [9.17, 15) is 9.59 Å². The molecule has 0 aliphatic carbocycles. The van der Waals surface area contributed by atoms with Crippen LogP contribution in [0.3, 0.4) is 0 Å². The van der Waals surface area contributed by atoms with E-state index >= 15 is 0 Å². The minimum absolute atomic E-state index is 0.0123. The summed E-state index contributed by atoms with van der Waals surface area (Å²) in [5.41, 5.74) is 0.786. The number of nitrogens with zero attached hydrogens (tertiary/aromatic N) is 3. The first-order chi connectivity index (χ1) is 12.1. The van der Waals surface area contributed by atoms with Gasteiger partial charge in [-0.1, -0.05) is 6.92 Å². The number of amides is 1. The Bertz CT molecular complexity index is 885. The van der Waals surface area contributed by atoms with Crippen molar-refractivity contribution in [1.82, 2.24) is 19.8 Å². The minimum Gasteiger partial charge on any atom is -0.350 e. The highest BCUT2D eigenvalue weighted by atomic mass is 32.1. The molecule has 2 aromatic rings. The molecule has 1 amide bonds. The molecule has 7 heteroatoms. The fourth-order valence-corrected chi connectivity index (χ4v) is 5.23. The van der Waals surface area contributed by atoms with E-state index in [4.69, 9.17) is 0 Å². The van der Waals surface area contributed by atoms with Crippen LogP contribution in [0.4, 0.5) is 0 Å². The second-order valence-electron chi connectivity index (χ2n) is 6.96. The molecule has 25 heavy (non-hydrogen) atoms. The Morgan fingerprint density at radius 2 is 2.20 bits per heavy atom. The minimum atomic E-state index is -0.0759. The van der Waals surface area contributed by atoms with Crippen molar-refractivity contribution >= 4 is 27.5 Å². The van der Waals surface area contributed by atoms with Gasteiger partial charge in [-0.25, -0.2) is 4.98 Å². The summed E-state index contributed by atoms with van der Waals surface area (Å²) in [5, 5.41) is 3.70. The monoisotopic (exact) mass is 360 g/mol. The van der Waals surface area contributed by atoms with E-state index in [2.05, 4.69) is 22.1 Å². The largest absolute Gasteiger partial charge is 0.350 e. The molecule has 0 aromatic carbocycles.